The number of allylic oxidation sites excluding steroid dienone is 3. The number of epoxide rings is 1. The molecule has 2 saturated heterocycles. The number of benzene rings is 2. The smallest absolute Gasteiger partial charge is 0.239 e. The van der Waals surface area contributed by atoms with Crippen LogP contribution in [0.4, 0.5) is 0 Å². The van der Waals surface area contributed by atoms with Gasteiger partial charge in [-0.25, -0.2) is 0 Å². The molecule has 2 heterocycles. The van der Waals surface area contributed by atoms with E-state index < -0.39 is 5.41 Å². The number of rotatable bonds is 7. The third kappa shape index (κ3) is 4.08. The van der Waals surface area contributed by atoms with Gasteiger partial charge in [-0.05, 0) is 25.3 Å². The van der Waals surface area contributed by atoms with Gasteiger partial charge in [-0.15, -0.1) is 0 Å². The Morgan fingerprint density at radius 1 is 1.14 bits per heavy atom. The van der Waals surface area contributed by atoms with Crippen molar-refractivity contribution in [2.24, 2.45) is 5.41 Å². The Bertz CT molecular complexity index is 942. The Balaban J connectivity index is 1.54. The summed E-state index contributed by atoms with van der Waals surface area (Å²) in [6.45, 7) is 3.11. The summed E-state index contributed by atoms with van der Waals surface area (Å²) in [4.78, 5) is 28.4. The van der Waals surface area contributed by atoms with Crippen LogP contribution in [0.15, 0.2) is 72.8 Å². The number of nitrogens with zero attached hydrogens (tertiary/aromatic N) is 1. The van der Waals surface area contributed by atoms with Crippen molar-refractivity contribution in [3.63, 3.8) is 0 Å². The molecule has 1 unspecified atom stereocenters. The van der Waals surface area contributed by atoms with Crippen molar-refractivity contribution in [2.45, 2.75) is 26.0 Å². The summed E-state index contributed by atoms with van der Waals surface area (Å²) in [5.41, 5.74) is 1.75. The van der Waals surface area contributed by atoms with Gasteiger partial charge in [-0.3, -0.25) is 9.59 Å². The van der Waals surface area contributed by atoms with Crippen LogP contribution in [0.1, 0.15) is 34.3 Å². The molecule has 0 radical (unpaired) electrons. The minimum Gasteiger partial charge on any atom is -0.351 e. The molecule has 4 heteroatoms. The van der Waals surface area contributed by atoms with E-state index in [1.807, 2.05) is 85.8 Å². The highest BCUT2D eigenvalue weighted by Gasteiger charge is 2.55. The fourth-order valence-electron chi connectivity index (χ4n) is 3.84. The summed E-state index contributed by atoms with van der Waals surface area (Å²) in [5.74, 6) is -0.204. The lowest BCUT2D eigenvalue weighted by atomic mass is 9.76. The van der Waals surface area contributed by atoms with E-state index >= 15 is 0 Å². The zero-order valence-corrected chi connectivity index (χ0v) is 16.6. The maximum Gasteiger partial charge on any atom is 0.239 e. The molecule has 4 nitrogen and oxygen atoms in total. The first-order valence-electron chi connectivity index (χ1n) is 10.0. The highest BCUT2D eigenvalue weighted by molar-refractivity contribution is 6.15. The molecule has 148 valence electrons. The highest BCUT2D eigenvalue weighted by atomic mass is 16.6. The first-order valence-corrected chi connectivity index (χ1v) is 10.0. The SMILES string of the molecule is Cc1ccc(C(=O)[C@]2(C/C=C/C=C/c3ccccc3)CCN(C3CO3)C2=O)cc1. The predicted octanol–water partition coefficient (Wildman–Crippen LogP) is 4.41. The van der Waals surface area contributed by atoms with Crippen molar-refractivity contribution < 1.29 is 14.3 Å². The fourth-order valence-corrected chi connectivity index (χ4v) is 3.84. The highest BCUT2D eigenvalue weighted by Crippen LogP contribution is 2.41. The van der Waals surface area contributed by atoms with Crippen molar-refractivity contribution in [2.75, 3.05) is 13.2 Å². The number of amides is 1. The zero-order valence-electron chi connectivity index (χ0n) is 16.6. The van der Waals surface area contributed by atoms with Gasteiger partial charge in [0.05, 0.1) is 6.61 Å². The average Bonchev–Trinajstić information content (AvgIpc) is 3.53. The minimum atomic E-state index is -1.04. The molecular formula is C25H25NO3. The molecule has 2 aliphatic heterocycles. The molecule has 0 aliphatic carbocycles. The molecule has 2 aliphatic rings. The van der Waals surface area contributed by atoms with Gasteiger partial charge in [0, 0.05) is 12.1 Å². The molecule has 0 saturated carbocycles. The Morgan fingerprint density at radius 3 is 2.55 bits per heavy atom. The molecule has 0 aromatic heterocycles. The quantitative estimate of drug-likeness (QED) is 0.306. The standard InChI is InChI=1S/C25H25NO3/c1-19-11-13-21(14-12-19)23(27)25(16-17-26(24(25)28)22-18-29-22)15-7-3-6-10-20-8-4-2-5-9-20/h2-14,22H,15-18H2,1H3/b7-3+,10-6+/t22?,25-/m0/s1. The first kappa shape index (κ1) is 19.3. The molecule has 2 aromatic carbocycles. The number of Topliss-reactive ketones (excluding diaryl/α,β-unsaturated/α-hetero) is 1. The van der Waals surface area contributed by atoms with Gasteiger partial charge >= 0.3 is 0 Å². The van der Waals surface area contributed by atoms with Crippen LogP contribution in [0, 0.1) is 12.3 Å². The van der Waals surface area contributed by atoms with Crippen molar-refractivity contribution in [3.8, 4) is 0 Å². The second-order valence-electron chi connectivity index (χ2n) is 7.72. The monoisotopic (exact) mass is 387 g/mol. The van der Waals surface area contributed by atoms with Crippen LogP contribution in [0.3, 0.4) is 0 Å². The summed E-state index contributed by atoms with van der Waals surface area (Å²) < 4.78 is 5.31. The van der Waals surface area contributed by atoms with E-state index in [0.29, 0.717) is 31.6 Å². The predicted molar refractivity (Wildman–Crippen MR) is 113 cm³/mol. The lowest BCUT2D eigenvalue weighted by Crippen LogP contribution is -2.41. The Morgan fingerprint density at radius 2 is 1.86 bits per heavy atom. The summed E-state index contributed by atoms with van der Waals surface area (Å²) in [6.07, 6.45) is 8.55. The van der Waals surface area contributed by atoms with E-state index in [0.717, 1.165) is 11.1 Å². The number of ether oxygens (including phenoxy) is 1. The number of carbonyl (C=O) groups excluding carboxylic acids is 2. The van der Waals surface area contributed by atoms with Crippen LogP contribution in [-0.4, -0.2) is 36.0 Å². The largest absolute Gasteiger partial charge is 0.351 e. The first-order chi connectivity index (χ1) is 14.1. The minimum absolute atomic E-state index is 0.0951. The van der Waals surface area contributed by atoms with Crippen LogP contribution >= 0.6 is 0 Å². The molecular weight excluding hydrogens is 362 g/mol. The van der Waals surface area contributed by atoms with Gasteiger partial charge in [-0.2, -0.15) is 0 Å². The van der Waals surface area contributed by atoms with Crippen molar-refractivity contribution >= 4 is 17.8 Å². The van der Waals surface area contributed by atoms with Gasteiger partial charge in [0.15, 0.2) is 12.0 Å². The maximum absolute atomic E-state index is 13.4. The number of ketones is 1. The summed E-state index contributed by atoms with van der Waals surface area (Å²) in [7, 11) is 0. The van der Waals surface area contributed by atoms with Crippen molar-refractivity contribution in [1.29, 1.82) is 0 Å². The van der Waals surface area contributed by atoms with Crippen LogP contribution < -0.4 is 0 Å². The van der Waals surface area contributed by atoms with Crippen LogP contribution in [0.5, 0.6) is 0 Å². The van der Waals surface area contributed by atoms with E-state index in [-0.39, 0.29) is 17.9 Å². The molecule has 2 atom stereocenters. The van der Waals surface area contributed by atoms with E-state index in [2.05, 4.69) is 0 Å². The van der Waals surface area contributed by atoms with E-state index in [1.54, 1.807) is 4.90 Å². The summed E-state index contributed by atoms with van der Waals surface area (Å²) >= 11 is 0. The van der Waals surface area contributed by atoms with Gasteiger partial charge in [0.1, 0.15) is 5.41 Å². The maximum atomic E-state index is 13.4. The molecule has 29 heavy (non-hydrogen) atoms. The van der Waals surface area contributed by atoms with Crippen molar-refractivity contribution in [3.05, 3.63) is 89.5 Å². The van der Waals surface area contributed by atoms with Gasteiger partial charge in [0.2, 0.25) is 5.91 Å². The lowest BCUT2D eigenvalue weighted by molar-refractivity contribution is -0.135. The van der Waals surface area contributed by atoms with Crippen LogP contribution in [-0.2, 0) is 9.53 Å². The number of carbonyl (C=O) groups is 2. The molecule has 4 rings (SSSR count). The third-order valence-electron chi connectivity index (χ3n) is 5.66. The number of aryl methyl sites for hydroxylation is 1. The summed E-state index contributed by atoms with van der Waals surface area (Å²) in [6, 6.07) is 17.5. The third-order valence-corrected chi connectivity index (χ3v) is 5.66. The second-order valence-corrected chi connectivity index (χ2v) is 7.72. The topological polar surface area (TPSA) is 49.9 Å². The molecule has 1 amide bonds. The number of hydrogen-bond acceptors (Lipinski definition) is 3. The summed E-state index contributed by atoms with van der Waals surface area (Å²) in [5, 5.41) is 0. The molecule has 2 aromatic rings. The van der Waals surface area contributed by atoms with Gasteiger partial charge < -0.3 is 9.64 Å². The molecule has 0 N–H and O–H groups in total. The second kappa shape index (κ2) is 8.18. The lowest BCUT2D eigenvalue weighted by Gasteiger charge is -2.25. The number of likely N-dealkylation sites (tertiary alicyclic amines) is 1. The van der Waals surface area contributed by atoms with Gasteiger partial charge in [-0.1, -0.05) is 84.5 Å². The number of hydrogen-bond donors (Lipinski definition) is 0. The van der Waals surface area contributed by atoms with Crippen LogP contribution in [0.2, 0.25) is 0 Å². The Labute approximate surface area is 171 Å². The van der Waals surface area contributed by atoms with Gasteiger partial charge in [0.25, 0.3) is 0 Å². The van der Waals surface area contributed by atoms with Crippen LogP contribution in [0.25, 0.3) is 6.08 Å². The molecule has 2 fully saturated rings. The zero-order chi connectivity index (χ0) is 20.3. The molecule has 0 spiro atoms. The molecule has 0 bridgehead atoms. The Hall–Kier alpha value is -2.98. The van der Waals surface area contributed by atoms with E-state index in [9.17, 15) is 9.59 Å². The van der Waals surface area contributed by atoms with Crippen molar-refractivity contribution in [1.82, 2.24) is 4.90 Å². The van der Waals surface area contributed by atoms with E-state index in [4.69, 9.17) is 4.74 Å². The Kier molecular flexibility index (Phi) is 5.45. The fraction of sp³-hybridized carbons (Fsp3) is 0.280. The average molecular weight is 387 g/mol. The van der Waals surface area contributed by atoms with E-state index in [1.165, 1.54) is 0 Å². The normalized spacial score (nSPS) is 24.0.